The molecular formula is C29H42NO9P. The molecular weight excluding hydrogens is 537 g/mol. The topological polar surface area (TPSA) is 155 Å². The lowest BCUT2D eigenvalue weighted by atomic mass is 10.1. The van der Waals surface area contributed by atoms with Gasteiger partial charge in [0, 0.05) is 6.07 Å². The molecule has 0 saturated carbocycles. The van der Waals surface area contributed by atoms with E-state index in [9.17, 15) is 19.0 Å². The first-order valence-corrected chi connectivity index (χ1v) is 15.4. The zero-order valence-electron chi connectivity index (χ0n) is 23.2. The van der Waals surface area contributed by atoms with Crippen LogP contribution in [0.15, 0.2) is 48.5 Å². The van der Waals surface area contributed by atoms with Crippen LogP contribution in [0, 0.1) is 0 Å². The first-order chi connectivity index (χ1) is 19.2. The molecule has 40 heavy (non-hydrogen) atoms. The van der Waals surface area contributed by atoms with E-state index in [1.807, 2.05) is 24.3 Å². The van der Waals surface area contributed by atoms with Crippen molar-refractivity contribution >= 4 is 19.8 Å². The number of aliphatic carboxylic acids is 1. The molecule has 0 aromatic heterocycles. The van der Waals surface area contributed by atoms with Gasteiger partial charge in [-0.3, -0.25) is 19.0 Å². The number of hydrogen-bond donors (Lipinski definition) is 3. The average molecular weight is 580 g/mol. The number of nitrogens with two attached hydrogens (primary N) is 1. The van der Waals surface area contributed by atoms with Gasteiger partial charge >= 0.3 is 19.8 Å². The Balaban J connectivity index is 1.75. The minimum Gasteiger partial charge on any atom is -0.493 e. The number of carbonyl (C=O) groups is 2. The number of carboxylic acids is 1. The number of ether oxygens (including phenoxy) is 2. The molecule has 2 atom stereocenters. The molecule has 1 unspecified atom stereocenters. The Morgan fingerprint density at radius 2 is 1.57 bits per heavy atom. The first-order valence-electron chi connectivity index (χ1n) is 13.9. The van der Waals surface area contributed by atoms with Crippen LogP contribution in [0.25, 0.3) is 0 Å². The minimum atomic E-state index is -4.64. The van der Waals surface area contributed by atoms with Gasteiger partial charge < -0.3 is 24.8 Å². The summed E-state index contributed by atoms with van der Waals surface area (Å²) in [5, 5.41) is 8.75. The zero-order chi connectivity index (χ0) is 29.2. The molecule has 0 fully saturated rings. The lowest BCUT2D eigenvalue weighted by Crippen LogP contribution is -2.34. The molecule has 0 aliphatic rings. The summed E-state index contributed by atoms with van der Waals surface area (Å²) < 4.78 is 32.9. The van der Waals surface area contributed by atoms with Gasteiger partial charge in [0.15, 0.2) is 0 Å². The molecule has 0 saturated heterocycles. The van der Waals surface area contributed by atoms with E-state index in [2.05, 4.69) is 11.4 Å². The smallest absolute Gasteiger partial charge is 0.493 e. The minimum absolute atomic E-state index is 0.0954. The Labute approximate surface area is 236 Å². The fraction of sp³-hybridized carbons (Fsp3) is 0.517. The number of unbranched alkanes of at least 4 members (excludes halogenated alkanes) is 8. The van der Waals surface area contributed by atoms with E-state index in [1.165, 1.54) is 69.2 Å². The van der Waals surface area contributed by atoms with E-state index in [0.717, 1.165) is 24.2 Å². The summed E-state index contributed by atoms with van der Waals surface area (Å²) in [5.41, 5.74) is 6.17. The third-order valence-electron chi connectivity index (χ3n) is 6.07. The predicted octanol–water partition coefficient (Wildman–Crippen LogP) is 6.04. The van der Waals surface area contributed by atoms with Crippen LogP contribution >= 0.6 is 7.82 Å². The monoisotopic (exact) mass is 579 g/mol. The van der Waals surface area contributed by atoms with Crippen LogP contribution in [0.5, 0.6) is 17.2 Å². The number of rotatable bonds is 21. The van der Waals surface area contributed by atoms with Crippen LogP contribution in [0.1, 0.15) is 76.7 Å². The van der Waals surface area contributed by atoms with Crippen LogP contribution in [-0.4, -0.2) is 41.2 Å². The van der Waals surface area contributed by atoms with E-state index >= 15 is 0 Å². The number of carboxylic acid groups (broad SMARTS) is 1. The Kier molecular flexibility index (Phi) is 15.4. The van der Waals surface area contributed by atoms with Gasteiger partial charge in [0.1, 0.15) is 23.3 Å². The fourth-order valence-electron chi connectivity index (χ4n) is 3.87. The van der Waals surface area contributed by atoms with Crippen LogP contribution in [0.4, 0.5) is 0 Å². The maximum atomic E-state index is 12.5. The molecule has 2 aromatic rings. The van der Waals surface area contributed by atoms with Crippen molar-refractivity contribution in [1.82, 2.24) is 0 Å². The Hall–Kier alpha value is -2.91. The van der Waals surface area contributed by atoms with Crippen molar-refractivity contribution in [3.05, 3.63) is 54.1 Å². The second-order valence-electron chi connectivity index (χ2n) is 9.53. The number of phosphoric acid groups is 1. The standard InChI is InChI=1S/C29H42NO9P/c1-2-3-4-5-6-7-8-9-12-20-36-27-17-11-10-14-23(27)18-19-28(31)38-24-15-13-16-25(21-24)39-40(34,35)37-22-26(30)29(32)33/h10-11,13-17,21,26H,2-9,12,18-20,22,30H2,1H3,(H,32,33)(H,34,35)/t26-/m0/s1. The molecule has 0 aliphatic heterocycles. The van der Waals surface area contributed by atoms with Crippen molar-refractivity contribution < 1.29 is 42.7 Å². The average Bonchev–Trinajstić information content (AvgIpc) is 2.92. The van der Waals surface area contributed by atoms with Crippen LogP contribution < -0.4 is 19.7 Å². The van der Waals surface area contributed by atoms with Crippen molar-refractivity contribution in [3.63, 3.8) is 0 Å². The van der Waals surface area contributed by atoms with E-state index in [4.69, 9.17) is 24.8 Å². The first kappa shape index (κ1) is 33.3. The molecule has 0 heterocycles. The van der Waals surface area contributed by atoms with Crippen molar-refractivity contribution in [1.29, 1.82) is 0 Å². The van der Waals surface area contributed by atoms with E-state index in [-0.39, 0.29) is 17.9 Å². The van der Waals surface area contributed by atoms with Crippen LogP contribution in [-0.2, 0) is 25.1 Å². The number of benzene rings is 2. The van der Waals surface area contributed by atoms with Crippen molar-refractivity contribution in [3.8, 4) is 17.2 Å². The number of esters is 1. The summed E-state index contributed by atoms with van der Waals surface area (Å²) in [4.78, 5) is 33.0. The van der Waals surface area contributed by atoms with Gasteiger partial charge in [0.25, 0.3) is 0 Å². The van der Waals surface area contributed by atoms with E-state index < -0.39 is 32.4 Å². The van der Waals surface area contributed by atoms with Gasteiger partial charge in [-0.15, -0.1) is 0 Å². The van der Waals surface area contributed by atoms with Gasteiger partial charge in [-0.05, 0) is 36.6 Å². The van der Waals surface area contributed by atoms with Crippen molar-refractivity contribution in [2.24, 2.45) is 5.73 Å². The third-order valence-corrected chi connectivity index (χ3v) is 6.99. The lowest BCUT2D eigenvalue weighted by molar-refractivity contribution is -0.139. The molecule has 4 N–H and O–H groups in total. The summed E-state index contributed by atoms with van der Waals surface area (Å²) in [5.74, 6) is -1.12. The van der Waals surface area contributed by atoms with Gasteiger partial charge in [0.2, 0.25) is 0 Å². The predicted molar refractivity (Wildman–Crippen MR) is 152 cm³/mol. The molecule has 0 aliphatic carbocycles. The molecule has 222 valence electrons. The van der Waals surface area contributed by atoms with Crippen LogP contribution in [0.3, 0.4) is 0 Å². The summed E-state index contributed by atoms with van der Waals surface area (Å²) in [6.45, 7) is 2.14. The maximum Gasteiger partial charge on any atom is 0.527 e. The molecule has 0 amide bonds. The van der Waals surface area contributed by atoms with Crippen molar-refractivity contribution in [2.45, 2.75) is 83.6 Å². The molecule has 2 aromatic carbocycles. The largest absolute Gasteiger partial charge is 0.527 e. The molecule has 11 heteroatoms. The van der Waals surface area contributed by atoms with E-state index in [0.29, 0.717) is 13.0 Å². The number of phosphoric ester groups is 1. The molecule has 0 radical (unpaired) electrons. The highest BCUT2D eigenvalue weighted by molar-refractivity contribution is 7.47. The summed E-state index contributed by atoms with van der Waals surface area (Å²) >= 11 is 0. The number of aryl methyl sites for hydroxylation is 1. The van der Waals surface area contributed by atoms with E-state index in [1.54, 1.807) is 0 Å². The lowest BCUT2D eigenvalue weighted by Gasteiger charge is -2.15. The molecule has 0 spiro atoms. The number of para-hydroxylation sites is 1. The number of hydrogen-bond acceptors (Lipinski definition) is 8. The third kappa shape index (κ3) is 13.9. The van der Waals surface area contributed by atoms with Crippen molar-refractivity contribution in [2.75, 3.05) is 13.2 Å². The summed E-state index contributed by atoms with van der Waals surface area (Å²) in [7, 11) is -4.64. The highest BCUT2D eigenvalue weighted by atomic mass is 31.2. The maximum absolute atomic E-state index is 12.5. The summed E-state index contributed by atoms with van der Waals surface area (Å²) in [6.07, 6.45) is 11.7. The second kappa shape index (κ2) is 18.4. The highest BCUT2D eigenvalue weighted by Gasteiger charge is 2.26. The Bertz CT molecular complexity index is 1090. The Morgan fingerprint density at radius 1 is 0.925 bits per heavy atom. The molecule has 2 rings (SSSR count). The fourth-order valence-corrected chi connectivity index (χ4v) is 4.65. The SMILES string of the molecule is CCCCCCCCCCCOc1ccccc1CCC(=O)Oc1cccc(OP(=O)(O)OC[C@H](N)C(=O)O)c1. The van der Waals surface area contributed by atoms with Gasteiger partial charge in [-0.1, -0.05) is 82.6 Å². The van der Waals surface area contributed by atoms with Gasteiger partial charge in [0.05, 0.1) is 19.6 Å². The number of carbonyl (C=O) groups excluding carboxylic acids is 1. The van der Waals surface area contributed by atoms with Crippen LogP contribution in [0.2, 0.25) is 0 Å². The second-order valence-corrected chi connectivity index (χ2v) is 10.9. The molecule has 0 bridgehead atoms. The summed E-state index contributed by atoms with van der Waals surface area (Å²) in [6, 6.07) is 11.7. The zero-order valence-corrected chi connectivity index (χ0v) is 24.1. The quantitative estimate of drug-likeness (QED) is 0.0690. The highest BCUT2D eigenvalue weighted by Crippen LogP contribution is 2.44. The Morgan fingerprint density at radius 3 is 2.27 bits per heavy atom. The molecule has 10 nitrogen and oxygen atoms in total. The normalized spacial score (nSPS) is 13.3. The van der Waals surface area contributed by atoms with Gasteiger partial charge in [-0.25, -0.2) is 4.57 Å². The van der Waals surface area contributed by atoms with Gasteiger partial charge in [-0.2, -0.15) is 0 Å².